The molecule has 0 aliphatic heterocycles. The monoisotopic (exact) mass is 360 g/mol. The van der Waals surface area contributed by atoms with Gasteiger partial charge in [-0.2, -0.15) is 0 Å². The van der Waals surface area contributed by atoms with Crippen molar-refractivity contribution in [1.29, 1.82) is 0 Å². The molecule has 0 aliphatic rings. The highest BCUT2D eigenvalue weighted by molar-refractivity contribution is 5.24. The number of rotatable bonds is 9. The Morgan fingerprint density at radius 2 is 1.19 bits per heavy atom. The third-order valence-corrected chi connectivity index (χ3v) is 4.87. The third-order valence-electron chi connectivity index (χ3n) is 4.87. The molecule has 0 heterocycles. The highest BCUT2D eigenvalue weighted by Crippen LogP contribution is 2.18. The molecule has 1 unspecified atom stereocenters. The predicted octanol–water partition coefficient (Wildman–Crippen LogP) is 3.49. The zero-order chi connectivity index (χ0) is 18.9. The van der Waals surface area contributed by atoms with Gasteiger partial charge in [-0.1, -0.05) is 91.0 Å². The van der Waals surface area contributed by atoms with E-state index < -0.39 is 6.10 Å². The molecular formula is C24H28N2O. The summed E-state index contributed by atoms with van der Waals surface area (Å²) in [5.41, 5.74) is 9.86. The molecule has 3 aromatic carbocycles. The van der Waals surface area contributed by atoms with Crippen LogP contribution in [-0.2, 0) is 12.8 Å². The van der Waals surface area contributed by atoms with Gasteiger partial charge in [-0.05, 0) is 29.5 Å². The highest BCUT2D eigenvalue weighted by Gasteiger charge is 2.18. The number of hydrogen-bond donors (Lipinski definition) is 3. The van der Waals surface area contributed by atoms with Crippen molar-refractivity contribution < 1.29 is 5.11 Å². The van der Waals surface area contributed by atoms with Crippen molar-refractivity contribution in [3.05, 3.63) is 108 Å². The Labute approximate surface area is 161 Å². The van der Waals surface area contributed by atoms with E-state index in [1.54, 1.807) is 0 Å². The van der Waals surface area contributed by atoms with Crippen LogP contribution >= 0.6 is 0 Å². The average Bonchev–Trinajstić information content (AvgIpc) is 2.73. The Kier molecular flexibility index (Phi) is 7.17. The maximum Gasteiger partial charge on any atom is 0.0818 e. The minimum absolute atomic E-state index is 0.132. The maximum atomic E-state index is 10.6. The van der Waals surface area contributed by atoms with E-state index in [0.29, 0.717) is 13.0 Å². The van der Waals surface area contributed by atoms with Crippen LogP contribution in [0.5, 0.6) is 0 Å². The van der Waals surface area contributed by atoms with Crippen molar-refractivity contribution in [1.82, 2.24) is 5.32 Å². The summed E-state index contributed by atoms with van der Waals surface area (Å²) in [5, 5.41) is 14.1. The number of nitrogens with one attached hydrogen (secondary N) is 1. The average molecular weight is 361 g/mol. The fourth-order valence-corrected chi connectivity index (χ4v) is 3.28. The minimum atomic E-state index is -0.604. The van der Waals surface area contributed by atoms with Crippen molar-refractivity contribution in [3.8, 4) is 0 Å². The quantitative estimate of drug-likeness (QED) is 0.547. The van der Waals surface area contributed by atoms with Gasteiger partial charge in [-0.25, -0.2) is 0 Å². The molecule has 3 aromatic rings. The lowest BCUT2D eigenvalue weighted by atomic mass is 9.97. The summed E-state index contributed by atoms with van der Waals surface area (Å²) >= 11 is 0. The normalized spacial score (nSPS) is 14.4. The van der Waals surface area contributed by atoms with Crippen LogP contribution in [0.3, 0.4) is 0 Å². The van der Waals surface area contributed by atoms with Gasteiger partial charge < -0.3 is 16.2 Å². The Hall–Kier alpha value is -2.46. The molecule has 0 fully saturated rings. The molecule has 3 atom stereocenters. The molecule has 0 bridgehead atoms. The molecule has 3 heteroatoms. The summed E-state index contributed by atoms with van der Waals surface area (Å²) in [6.07, 6.45) is 0.927. The molecule has 0 aromatic heterocycles. The fraction of sp³-hybridized carbons (Fsp3) is 0.250. The molecule has 27 heavy (non-hydrogen) atoms. The molecule has 140 valence electrons. The van der Waals surface area contributed by atoms with Gasteiger partial charge in [0.25, 0.3) is 0 Å². The van der Waals surface area contributed by atoms with Crippen LogP contribution in [0.25, 0.3) is 0 Å². The molecule has 0 saturated heterocycles. The zero-order valence-electron chi connectivity index (χ0n) is 15.5. The lowest BCUT2D eigenvalue weighted by Gasteiger charge is -2.24. The molecular weight excluding hydrogens is 332 g/mol. The molecule has 3 nitrogen and oxygen atoms in total. The van der Waals surface area contributed by atoms with Crippen molar-refractivity contribution in [2.45, 2.75) is 31.0 Å². The highest BCUT2D eigenvalue weighted by atomic mass is 16.3. The SMILES string of the molecule is N[C@@H](Cc1ccccc1)[C@@H](O)CNC(Cc1ccccc1)c1ccccc1. The van der Waals surface area contributed by atoms with Crippen molar-refractivity contribution in [2.24, 2.45) is 5.73 Å². The van der Waals surface area contributed by atoms with Crippen LogP contribution in [0, 0.1) is 0 Å². The molecule has 0 radical (unpaired) electrons. The van der Waals surface area contributed by atoms with Gasteiger partial charge in [-0.3, -0.25) is 0 Å². The summed E-state index contributed by atoms with van der Waals surface area (Å²) in [6, 6.07) is 30.7. The van der Waals surface area contributed by atoms with E-state index in [9.17, 15) is 5.11 Å². The van der Waals surface area contributed by atoms with Gasteiger partial charge in [0.2, 0.25) is 0 Å². The summed E-state index contributed by atoms with van der Waals surface area (Å²) in [4.78, 5) is 0. The van der Waals surface area contributed by atoms with Crippen molar-refractivity contribution >= 4 is 0 Å². The predicted molar refractivity (Wildman–Crippen MR) is 111 cm³/mol. The smallest absolute Gasteiger partial charge is 0.0818 e. The molecule has 0 spiro atoms. The van der Waals surface area contributed by atoms with Crippen LogP contribution in [0.15, 0.2) is 91.0 Å². The van der Waals surface area contributed by atoms with Crippen LogP contribution in [0.4, 0.5) is 0 Å². The number of hydrogen-bond acceptors (Lipinski definition) is 3. The maximum absolute atomic E-state index is 10.6. The molecule has 0 amide bonds. The Balaban J connectivity index is 1.61. The summed E-state index contributed by atoms with van der Waals surface area (Å²) in [6.45, 7) is 0.459. The Morgan fingerprint density at radius 1 is 0.704 bits per heavy atom. The van der Waals surface area contributed by atoms with E-state index in [1.165, 1.54) is 11.1 Å². The van der Waals surface area contributed by atoms with E-state index >= 15 is 0 Å². The standard InChI is InChI=1S/C24H28N2O/c25-22(16-19-10-4-1-5-11-19)24(27)18-26-23(21-14-8-3-9-15-21)17-20-12-6-2-7-13-20/h1-15,22-24,26-27H,16-18,25H2/t22-,23?,24-/m0/s1. The third kappa shape index (κ3) is 6.04. The van der Waals surface area contributed by atoms with E-state index in [-0.39, 0.29) is 12.1 Å². The van der Waals surface area contributed by atoms with Gasteiger partial charge in [-0.15, -0.1) is 0 Å². The van der Waals surface area contributed by atoms with E-state index in [4.69, 9.17) is 5.73 Å². The van der Waals surface area contributed by atoms with Crippen LogP contribution in [-0.4, -0.2) is 23.8 Å². The zero-order valence-corrected chi connectivity index (χ0v) is 15.5. The first-order chi connectivity index (χ1) is 13.2. The van der Waals surface area contributed by atoms with Crippen LogP contribution in [0.1, 0.15) is 22.7 Å². The van der Waals surface area contributed by atoms with Gasteiger partial charge in [0.1, 0.15) is 0 Å². The Bertz CT molecular complexity index is 777. The minimum Gasteiger partial charge on any atom is -0.390 e. The second-order valence-electron chi connectivity index (χ2n) is 6.98. The number of aliphatic hydroxyl groups excluding tert-OH is 1. The van der Waals surface area contributed by atoms with Crippen LogP contribution < -0.4 is 11.1 Å². The van der Waals surface area contributed by atoms with Crippen molar-refractivity contribution in [2.75, 3.05) is 6.54 Å². The molecule has 0 aliphatic carbocycles. The number of aliphatic hydroxyl groups is 1. The van der Waals surface area contributed by atoms with E-state index in [2.05, 4.69) is 41.7 Å². The van der Waals surface area contributed by atoms with Crippen molar-refractivity contribution in [3.63, 3.8) is 0 Å². The first kappa shape index (κ1) is 19.3. The lowest BCUT2D eigenvalue weighted by molar-refractivity contribution is 0.137. The first-order valence-corrected chi connectivity index (χ1v) is 9.52. The fourth-order valence-electron chi connectivity index (χ4n) is 3.28. The van der Waals surface area contributed by atoms with Gasteiger partial charge >= 0.3 is 0 Å². The van der Waals surface area contributed by atoms with E-state index in [0.717, 1.165) is 12.0 Å². The lowest BCUT2D eigenvalue weighted by Crippen LogP contribution is -2.44. The van der Waals surface area contributed by atoms with Gasteiger partial charge in [0.15, 0.2) is 0 Å². The first-order valence-electron chi connectivity index (χ1n) is 9.52. The molecule has 0 saturated carbocycles. The second-order valence-corrected chi connectivity index (χ2v) is 6.98. The summed E-state index contributed by atoms with van der Waals surface area (Å²) in [5.74, 6) is 0. The van der Waals surface area contributed by atoms with Gasteiger partial charge in [0, 0.05) is 18.6 Å². The number of nitrogens with two attached hydrogens (primary N) is 1. The Morgan fingerprint density at radius 3 is 1.74 bits per heavy atom. The largest absolute Gasteiger partial charge is 0.390 e. The molecule has 3 rings (SSSR count). The van der Waals surface area contributed by atoms with Gasteiger partial charge in [0.05, 0.1) is 6.10 Å². The topological polar surface area (TPSA) is 58.3 Å². The van der Waals surface area contributed by atoms with E-state index in [1.807, 2.05) is 54.6 Å². The number of benzene rings is 3. The van der Waals surface area contributed by atoms with Crippen LogP contribution in [0.2, 0.25) is 0 Å². The summed E-state index contributed by atoms with van der Waals surface area (Å²) in [7, 11) is 0. The molecule has 4 N–H and O–H groups in total. The second kappa shape index (κ2) is 10.0. The summed E-state index contributed by atoms with van der Waals surface area (Å²) < 4.78 is 0.